The molecule has 1 aromatic carbocycles. The molecule has 1 unspecified atom stereocenters. The summed E-state index contributed by atoms with van der Waals surface area (Å²) in [6.07, 6.45) is 1.36. The molecule has 0 radical (unpaired) electrons. The Morgan fingerprint density at radius 1 is 1.32 bits per heavy atom. The summed E-state index contributed by atoms with van der Waals surface area (Å²) in [6, 6.07) is 10.9. The third-order valence-corrected chi connectivity index (χ3v) is 4.11. The SMILES string of the molecule is O=CN1N=C(c2ccccc2O)CC1c1cccs1. The van der Waals surface area contributed by atoms with Gasteiger partial charge in [-0.05, 0) is 23.6 Å². The highest BCUT2D eigenvalue weighted by Gasteiger charge is 2.30. The first-order valence-electron chi connectivity index (χ1n) is 5.92. The second kappa shape index (κ2) is 4.85. The first-order chi connectivity index (χ1) is 9.29. The molecular weight excluding hydrogens is 260 g/mol. The van der Waals surface area contributed by atoms with Gasteiger partial charge in [-0.25, -0.2) is 5.01 Å². The van der Waals surface area contributed by atoms with Crippen LogP contribution < -0.4 is 0 Å². The maximum Gasteiger partial charge on any atom is 0.230 e. The number of nitrogens with zero attached hydrogens (tertiary/aromatic N) is 2. The van der Waals surface area contributed by atoms with Crippen molar-refractivity contribution in [3.63, 3.8) is 0 Å². The van der Waals surface area contributed by atoms with Crippen LogP contribution in [-0.4, -0.2) is 22.2 Å². The quantitative estimate of drug-likeness (QED) is 0.873. The maximum atomic E-state index is 11.1. The van der Waals surface area contributed by atoms with Gasteiger partial charge in [0.15, 0.2) is 0 Å². The number of amides is 1. The Balaban J connectivity index is 1.94. The van der Waals surface area contributed by atoms with Crippen molar-refractivity contribution in [3.8, 4) is 5.75 Å². The van der Waals surface area contributed by atoms with Gasteiger partial charge in [0.2, 0.25) is 6.41 Å². The minimum Gasteiger partial charge on any atom is -0.507 e. The molecule has 3 rings (SSSR count). The zero-order valence-corrected chi connectivity index (χ0v) is 10.9. The van der Waals surface area contributed by atoms with E-state index in [1.807, 2.05) is 29.6 Å². The fourth-order valence-corrected chi connectivity index (χ4v) is 3.04. The van der Waals surface area contributed by atoms with Crippen LogP contribution in [0.15, 0.2) is 46.9 Å². The van der Waals surface area contributed by atoms with Gasteiger partial charge in [-0.3, -0.25) is 4.79 Å². The van der Waals surface area contributed by atoms with E-state index < -0.39 is 0 Å². The van der Waals surface area contributed by atoms with E-state index in [-0.39, 0.29) is 11.8 Å². The van der Waals surface area contributed by atoms with Crippen LogP contribution in [0.5, 0.6) is 5.75 Å². The summed E-state index contributed by atoms with van der Waals surface area (Å²) in [6.45, 7) is 0. The average Bonchev–Trinajstić information content (AvgIpc) is 3.08. The lowest BCUT2D eigenvalue weighted by Gasteiger charge is -2.14. The Labute approximate surface area is 114 Å². The van der Waals surface area contributed by atoms with Crippen LogP contribution >= 0.6 is 11.3 Å². The lowest BCUT2D eigenvalue weighted by Crippen LogP contribution is -2.16. The highest BCUT2D eigenvalue weighted by molar-refractivity contribution is 7.10. The first-order valence-corrected chi connectivity index (χ1v) is 6.80. The maximum absolute atomic E-state index is 11.1. The van der Waals surface area contributed by atoms with Crippen molar-refractivity contribution in [1.82, 2.24) is 5.01 Å². The molecule has 1 N–H and O–H groups in total. The Kier molecular flexibility index (Phi) is 3.05. The van der Waals surface area contributed by atoms with E-state index in [1.165, 1.54) is 5.01 Å². The number of hydrogen-bond acceptors (Lipinski definition) is 4. The molecule has 1 aliphatic rings. The normalized spacial score (nSPS) is 18.4. The van der Waals surface area contributed by atoms with E-state index in [9.17, 15) is 9.90 Å². The van der Waals surface area contributed by atoms with E-state index in [4.69, 9.17) is 0 Å². The standard InChI is InChI=1S/C14H12N2O2S/c17-9-16-12(14-6-3-7-19-14)8-11(15-16)10-4-1-2-5-13(10)18/h1-7,9,12,18H,8H2. The summed E-state index contributed by atoms with van der Waals surface area (Å²) < 4.78 is 0. The molecule has 5 heteroatoms. The van der Waals surface area contributed by atoms with Crippen LogP contribution in [0.4, 0.5) is 0 Å². The van der Waals surface area contributed by atoms with Gasteiger partial charge in [0, 0.05) is 16.9 Å². The van der Waals surface area contributed by atoms with Gasteiger partial charge in [0.1, 0.15) is 5.75 Å². The lowest BCUT2D eigenvalue weighted by atomic mass is 10.0. The lowest BCUT2D eigenvalue weighted by molar-refractivity contribution is -0.119. The second-order valence-corrected chi connectivity index (χ2v) is 5.26. The summed E-state index contributed by atoms with van der Waals surface area (Å²) in [5.41, 5.74) is 1.43. The number of para-hydroxylation sites is 1. The number of phenolic OH excluding ortho intramolecular Hbond substituents is 1. The average molecular weight is 272 g/mol. The molecule has 4 nitrogen and oxygen atoms in total. The van der Waals surface area contributed by atoms with Crippen LogP contribution in [0.1, 0.15) is 22.9 Å². The Bertz CT molecular complexity index is 622. The highest BCUT2D eigenvalue weighted by Crippen LogP contribution is 2.35. The van der Waals surface area contributed by atoms with Gasteiger partial charge in [0.05, 0.1) is 11.8 Å². The van der Waals surface area contributed by atoms with Gasteiger partial charge < -0.3 is 5.11 Å². The highest BCUT2D eigenvalue weighted by atomic mass is 32.1. The van der Waals surface area contributed by atoms with Crippen molar-refractivity contribution in [2.75, 3.05) is 0 Å². The van der Waals surface area contributed by atoms with E-state index in [2.05, 4.69) is 5.10 Å². The monoisotopic (exact) mass is 272 g/mol. The first kappa shape index (κ1) is 11.9. The van der Waals surface area contributed by atoms with Crippen molar-refractivity contribution in [3.05, 3.63) is 52.2 Å². The van der Waals surface area contributed by atoms with Gasteiger partial charge in [-0.15, -0.1) is 11.3 Å². The molecule has 1 aliphatic heterocycles. The smallest absolute Gasteiger partial charge is 0.230 e. The summed E-state index contributed by atoms with van der Waals surface area (Å²) in [7, 11) is 0. The van der Waals surface area contributed by atoms with Gasteiger partial charge in [-0.1, -0.05) is 18.2 Å². The largest absolute Gasteiger partial charge is 0.507 e. The molecule has 0 aliphatic carbocycles. The minimum atomic E-state index is -0.0629. The molecule has 0 saturated carbocycles. The fraction of sp³-hybridized carbons (Fsp3) is 0.143. The molecule has 96 valence electrons. The number of hydrazone groups is 1. The van der Waals surface area contributed by atoms with Crippen molar-refractivity contribution < 1.29 is 9.90 Å². The molecule has 1 amide bonds. The number of rotatable bonds is 3. The van der Waals surface area contributed by atoms with Crippen LogP contribution in [0.2, 0.25) is 0 Å². The van der Waals surface area contributed by atoms with Crippen LogP contribution in [-0.2, 0) is 4.79 Å². The molecule has 19 heavy (non-hydrogen) atoms. The number of carbonyl (C=O) groups is 1. The number of phenols is 1. The number of aromatic hydroxyl groups is 1. The van der Waals surface area contributed by atoms with Crippen molar-refractivity contribution in [1.29, 1.82) is 0 Å². The zero-order valence-electron chi connectivity index (χ0n) is 10.1. The summed E-state index contributed by atoms with van der Waals surface area (Å²) in [5, 5.41) is 17.6. The minimum absolute atomic E-state index is 0.0629. The Morgan fingerprint density at radius 3 is 2.84 bits per heavy atom. The third-order valence-electron chi connectivity index (χ3n) is 3.14. The van der Waals surface area contributed by atoms with Gasteiger partial charge >= 0.3 is 0 Å². The molecule has 0 spiro atoms. The van der Waals surface area contributed by atoms with Crippen LogP contribution in [0, 0.1) is 0 Å². The molecular formula is C14H12N2O2S. The third kappa shape index (κ3) is 2.13. The fourth-order valence-electron chi connectivity index (χ4n) is 2.22. The van der Waals surface area contributed by atoms with Gasteiger partial charge in [-0.2, -0.15) is 5.10 Å². The van der Waals surface area contributed by atoms with Crippen LogP contribution in [0.25, 0.3) is 0 Å². The van der Waals surface area contributed by atoms with Crippen molar-refractivity contribution in [2.24, 2.45) is 5.10 Å². The topological polar surface area (TPSA) is 52.9 Å². The van der Waals surface area contributed by atoms with E-state index >= 15 is 0 Å². The van der Waals surface area contributed by atoms with Crippen molar-refractivity contribution in [2.45, 2.75) is 12.5 Å². The molecule has 0 bridgehead atoms. The summed E-state index contributed by atoms with van der Waals surface area (Å²) >= 11 is 1.60. The predicted molar refractivity (Wildman–Crippen MR) is 74.2 cm³/mol. The summed E-state index contributed by atoms with van der Waals surface area (Å²) in [4.78, 5) is 12.2. The van der Waals surface area contributed by atoms with Crippen LogP contribution in [0.3, 0.4) is 0 Å². The molecule has 0 fully saturated rings. The van der Waals surface area contributed by atoms with Gasteiger partial charge in [0.25, 0.3) is 0 Å². The Morgan fingerprint density at radius 2 is 2.16 bits per heavy atom. The zero-order chi connectivity index (χ0) is 13.2. The number of benzene rings is 1. The predicted octanol–water partition coefficient (Wildman–Crippen LogP) is 2.76. The molecule has 1 atom stereocenters. The number of carbonyl (C=O) groups excluding carboxylic acids is 1. The molecule has 2 aromatic rings. The molecule has 1 aromatic heterocycles. The number of thiophene rings is 1. The summed E-state index contributed by atoms with van der Waals surface area (Å²) in [5.74, 6) is 0.193. The van der Waals surface area contributed by atoms with E-state index in [0.29, 0.717) is 12.0 Å². The molecule has 2 heterocycles. The van der Waals surface area contributed by atoms with Crippen molar-refractivity contribution >= 4 is 23.5 Å². The Hall–Kier alpha value is -2.14. The van der Waals surface area contributed by atoms with E-state index in [0.717, 1.165) is 17.0 Å². The second-order valence-electron chi connectivity index (χ2n) is 4.28. The molecule has 0 saturated heterocycles. The van der Waals surface area contributed by atoms with E-state index in [1.54, 1.807) is 23.5 Å². The number of hydrogen-bond donors (Lipinski definition) is 1.